The van der Waals surface area contributed by atoms with Crippen molar-refractivity contribution in [1.82, 2.24) is 0 Å². The van der Waals surface area contributed by atoms with E-state index in [2.05, 4.69) is 0 Å². The zero-order valence-corrected chi connectivity index (χ0v) is 7.36. The molecule has 0 aliphatic heterocycles. The molecule has 3 nitrogen and oxygen atoms in total. The minimum Gasteiger partial charge on any atom is -0.259 e. The highest BCUT2D eigenvalue weighted by atomic mass is 19.4. The first-order chi connectivity index (χ1) is 6.89. The summed E-state index contributed by atoms with van der Waals surface area (Å²) in [5.74, 6) is 0. The molecule has 0 atom stereocenters. The molecule has 0 saturated heterocycles. The number of nitrogens with zero attached hydrogens (tertiary/aromatic N) is 1. The van der Waals surface area contributed by atoms with E-state index in [-0.39, 0.29) is 5.56 Å². The molecule has 0 heterocycles. The smallest absolute Gasteiger partial charge is 0.259 e. The highest BCUT2D eigenvalue weighted by Crippen LogP contribution is 2.29. The predicted molar refractivity (Wildman–Crippen MR) is 47.5 cm³/mol. The lowest BCUT2D eigenvalue weighted by Crippen LogP contribution is -2.04. The zero-order valence-electron chi connectivity index (χ0n) is 7.36. The van der Waals surface area contributed by atoms with Crippen molar-refractivity contribution in [1.29, 1.82) is 0 Å². The van der Waals surface area contributed by atoms with Crippen LogP contribution in [-0.4, -0.2) is 4.92 Å². The molecule has 1 rings (SSSR count). The Bertz CT molecular complexity index is 399. The van der Waals surface area contributed by atoms with Crippen LogP contribution < -0.4 is 0 Å². The third kappa shape index (κ3) is 3.41. The highest BCUT2D eigenvalue weighted by molar-refractivity contribution is 5.49. The predicted octanol–water partition coefficient (Wildman–Crippen LogP) is 2.95. The molecule has 0 aromatic heterocycles. The second kappa shape index (κ2) is 4.12. The van der Waals surface area contributed by atoms with Crippen LogP contribution in [0.5, 0.6) is 0 Å². The lowest BCUT2D eigenvalue weighted by Gasteiger charge is -2.06. The molecule has 6 heteroatoms. The minimum atomic E-state index is -4.43. The Morgan fingerprint density at radius 1 is 1.33 bits per heavy atom. The van der Waals surface area contributed by atoms with Gasteiger partial charge in [0.15, 0.2) is 0 Å². The van der Waals surface area contributed by atoms with Gasteiger partial charge in [0.1, 0.15) is 0 Å². The van der Waals surface area contributed by atoms with Crippen molar-refractivity contribution in [2.75, 3.05) is 0 Å². The molecular formula is C9H6F3NO2. The van der Waals surface area contributed by atoms with Gasteiger partial charge in [-0.1, -0.05) is 12.1 Å². The summed E-state index contributed by atoms with van der Waals surface area (Å²) in [6.45, 7) is 0. The van der Waals surface area contributed by atoms with Gasteiger partial charge in [0.2, 0.25) is 6.20 Å². The SMILES string of the molecule is O=[N+]([O-])/C=C\c1cccc(C(F)(F)F)c1. The van der Waals surface area contributed by atoms with E-state index in [1.54, 1.807) is 0 Å². The minimum absolute atomic E-state index is 0.140. The molecule has 0 unspecified atom stereocenters. The lowest BCUT2D eigenvalue weighted by atomic mass is 10.1. The molecule has 0 amide bonds. The number of hydrogen-bond acceptors (Lipinski definition) is 2. The number of hydrogen-bond donors (Lipinski definition) is 0. The molecule has 0 aliphatic carbocycles. The van der Waals surface area contributed by atoms with Gasteiger partial charge in [0.05, 0.1) is 10.5 Å². The van der Waals surface area contributed by atoms with Crippen LogP contribution in [0.15, 0.2) is 30.5 Å². The van der Waals surface area contributed by atoms with Crippen LogP contribution >= 0.6 is 0 Å². The number of alkyl halides is 3. The Kier molecular flexibility index (Phi) is 3.08. The summed E-state index contributed by atoms with van der Waals surface area (Å²) in [5.41, 5.74) is -0.686. The topological polar surface area (TPSA) is 43.1 Å². The van der Waals surface area contributed by atoms with Crippen molar-refractivity contribution in [2.45, 2.75) is 6.18 Å². The fourth-order valence-electron chi connectivity index (χ4n) is 0.966. The first-order valence-electron chi connectivity index (χ1n) is 3.88. The van der Waals surface area contributed by atoms with Crippen molar-refractivity contribution in [3.8, 4) is 0 Å². The van der Waals surface area contributed by atoms with Gasteiger partial charge in [-0.25, -0.2) is 0 Å². The summed E-state index contributed by atoms with van der Waals surface area (Å²) in [6.07, 6.45) is -2.83. The normalized spacial score (nSPS) is 11.9. The Morgan fingerprint density at radius 3 is 2.53 bits per heavy atom. The van der Waals surface area contributed by atoms with Crippen LogP contribution in [-0.2, 0) is 6.18 Å². The van der Waals surface area contributed by atoms with E-state index in [1.165, 1.54) is 12.1 Å². The van der Waals surface area contributed by atoms with E-state index in [4.69, 9.17) is 0 Å². The molecule has 0 bridgehead atoms. The third-order valence-corrected chi connectivity index (χ3v) is 1.60. The molecule has 0 radical (unpaired) electrons. The third-order valence-electron chi connectivity index (χ3n) is 1.60. The van der Waals surface area contributed by atoms with Crippen molar-refractivity contribution >= 4 is 6.08 Å². The van der Waals surface area contributed by atoms with E-state index < -0.39 is 16.7 Å². The Labute approximate surface area is 83.0 Å². The monoisotopic (exact) mass is 217 g/mol. The first-order valence-corrected chi connectivity index (χ1v) is 3.88. The summed E-state index contributed by atoms with van der Waals surface area (Å²) >= 11 is 0. The quantitative estimate of drug-likeness (QED) is 0.564. The Morgan fingerprint density at radius 2 is 2.00 bits per heavy atom. The molecule has 0 fully saturated rings. The van der Waals surface area contributed by atoms with Gasteiger partial charge in [-0.15, -0.1) is 0 Å². The van der Waals surface area contributed by atoms with Gasteiger partial charge in [0, 0.05) is 6.08 Å². The van der Waals surface area contributed by atoms with Gasteiger partial charge in [-0.05, 0) is 17.7 Å². The standard InChI is InChI=1S/C9H6F3NO2/c10-9(11,12)8-3-1-2-7(6-8)4-5-13(14)15/h1-6H/b5-4-. The number of rotatable bonds is 2. The molecule has 15 heavy (non-hydrogen) atoms. The van der Waals surface area contributed by atoms with Gasteiger partial charge in [-0.2, -0.15) is 13.2 Å². The van der Waals surface area contributed by atoms with Crippen LogP contribution in [0.4, 0.5) is 13.2 Å². The molecule has 0 spiro atoms. The fourth-order valence-corrected chi connectivity index (χ4v) is 0.966. The molecule has 0 N–H and O–H groups in total. The van der Waals surface area contributed by atoms with Crippen LogP contribution in [0.25, 0.3) is 6.08 Å². The van der Waals surface area contributed by atoms with Gasteiger partial charge in [0.25, 0.3) is 0 Å². The van der Waals surface area contributed by atoms with Gasteiger partial charge < -0.3 is 0 Å². The number of benzene rings is 1. The maximum atomic E-state index is 12.2. The summed E-state index contributed by atoms with van der Waals surface area (Å²) in [4.78, 5) is 9.22. The van der Waals surface area contributed by atoms with Crippen molar-refractivity contribution in [2.24, 2.45) is 0 Å². The Hall–Kier alpha value is -1.85. The van der Waals surface area contributed by atoms with Crippen LogP contribution in [0.1, 0.15) is 11.1 Å². The van der Waals surface area contributed by atoms with Crippen LogP contribution in [0, 0.1) is 10.1 Å². The lowest BCUT2D eigenvalue weighted by molar-refractivity contribution is -0.400. The summed E-state index contributed by atoms with van der Waals surface area (Å²) in [6, 6.07) is 4.31. The number of halogens is 3. The summed E-state index contributed by atoms with van der Waals surface area (Å²) in [5, 5.41) is 9.95. The largest absolute Gasteiger partial charge is 0.416 e. The van der Waals surface area contributed by atoms with E-state index >= 15 is 0 Å². The van der Waals surface area contributed by atoms with Crippen LogP contribution in [0.2, 0.25) is 0 Å². The average molecular weight is 217 g/mol. The maximum Gasteiger partial charge on any atom is 0.416 e. The van der Waals surface area contributed by atoms with Gasteiger partial charge >= 0.3 is 6.18 Å². The molecule has 1 aromatic carbocycles. The second-order valence-electron chi connectivity index (χ2n) is 2.72. The van der Waals surface area contributed by atoms with Crippen LogP contribution in [0.3, 0.4) is 0 Å². The second-order valence-corrected chi connectivity index (χ2v) is 2.72. The van der Waals surface area contributed by atoms with E-state index in [1.807, 2.05) is 0 Å². The maximum absolute atomic E-state index is 12.2. The van der Waals surface area contributed by atoms with E-state index in [0.29, 0.717) is 6.20 Å². The number of nitro groups is 1. The van der Waals surface area contributed by atoms with E-state index in [9.17, 15) is 23.3 Å². The average Bonchev–Trinajstić information content (AvgIpc) is 2.14. The molecule has 0 saturated carbocycles. The molecular weight excluding hydrogens is 211 g/mol. The first kappa shape index (κ1) is 11.2. The van der Waals surface area contributed by atoms with Gasteiger partial charge in [-0.3, -0.25) is 10.1 Å². The Balaban J connectivity index is 2.98. The van der Waals surface area contributed by atoms with Crippen molar-refractivity contribution in [3.05, 3.63) is 51.7 Å². The zero-order chi connectivity index (χ0) is 11.5. The summed E-state index contributed by atoms with van der Waals surface area (Å²) in [7, 11) is 0. The molecule has 80 valence electrons. The van der Waals surface area contributed by atoms with Crippen molar-refractivity contribution in [3.63, 3.8) is 0 Å². The molecule has 0 aliphatic rings. The van der Waals surface area contributed by atoms with E-state index in [0.717, 1.165) is 18.2 Å². The fraction of sp³-hybridized carbons (Fsp3) is 0.111. The summed E-state index contributed by atoms with van der Waals surface area (Å²) < 4.78 is 36.6. The van der Waals surface area contributed by atoms with Crippen molar-refractivity contribution < 1.29 is 18.1 Å². The molecule has 1 aromatic rings. The highest BCUT2D eigenvalue weighted by Gasteiger charge is 2.30.